The Labute approximate surface area is 145 Å². The number of hydrogen-bond acceptors (Lipinski definition) is 3. The Morgan fingerprint density at radius 3 is 2.08 bits per heavy atom. The summed E-state index contributed by atoms with van der Waals surface area (Å²) in [6.07, 6.45) is -5.06. The molecule has 24 heavy (non-hydrogen) atoms. The van der Waals surface area contributed by atoms with Gasteiger partial charge in [-0.3, -0.25) is 0 Å². The van der Waals surface area contributed by atoms with E-state index < -0.39 is 33.9 Å². The van der Waals surface area contributed by atoms with Crippen LogP contribution in [0.2, 0.25) is 0 Å². The third kappa shape index (κ3) is 3.80. The summed E-state index contributed by atoms with van der Waals surface area (Å²) in [5.74, 6) is 0. The predicted molar refractivity (Wildman–Crippen MR) is 85.7 cm³/mol. The lowest BCUT2D eigenvalue weighted by Crippen LogP contribution is -2.51. The summed E-state index contributed by atoms with van der Waals surface area (Å²) in [5.41, 5.74) is -3.80. The number of sulfonamides is 1. The molecule has 2 rings (SSSR count). The molecule has 0 aromatic heterocycles. The summed E-state index contributed by atoms with van der Waals surface area (Å²) in [6, 6.07) is 12.0. The van der Waals surface area contributed by atoms with Crippen LogP contribution in [0.4, 0.5) is 13.2 Å². The smallest absolute Gasteiger partial charge is 0.375 e. The molecule has 4 nitrogen and oxygen atoms in total. The highest BCUT2D eigenvalue weighted by molar-refractivity contribution is 9.10. The molecule has 0 saturated carbocycles. The van der Waals surface area contributed by atoms with Crippen molar-refractivity contribution in [1.82, 2.24) is 4.72 Å². The van der Waals surface area contributed by atoms with Crippen molar-refractivity contribution < 1.29 is 26.7 Å². The molecule has 0 fully saturated rings. The first-order chi connectivity index (χ1) is 11.1. The molecule has 0 saturated heterocycles. The van der Waals surface area contributed by atoms with Gasteiger partial charge in [0.2, 0.25) is 10.0 Å². The van der Waals surface area contributed by atoms with Crippen LogP contribution in [0.25, 0.3) is 0 Å². The van der Waals surface area contributed by atoms with Gasteiger partial charge in [0, 0.05) is 4.47 Å². The van der Waals surface area contributed by atoms with Crippen LogP contribution in [-0.4, -0.2) is 26.2 Å². The second-order valence-corrected chi connectivity index (χ2v) is 7.57. The predicted octanol–water partition coefficient (Wildman–Crippen LogP) is 3.18. The van der Waals surface area contributed by atoms with Gasteiger partial charge in [-0.25, -0.2) is 13.1 Å². The molecule has 0 bridgehead atoms. The van der Waals surface area contributed by atoms with Gasteiger partial charge in [0.15, 0.2) is 5.60 Å². The first kappa shape index (κ1) is 18.9. The molecule has 0 amide bonds. The molecule has 0 aliphatic heterocycles. The Kier molecular flexibility index (Phi) is 5.38. The number of nitrogens with one attached hydrogen (secondary N) is 1. The van der Waals surface area contributed by atoms with Gasteiger partial charge in [0.1, 0.15) is 0 Å². The summed E-state index contributed by atoms with van der Waals surface area (Å²) in [4.78, 5) is -0.220. The van der Waals surface area contributed by atoms with Crippen molar-refractivity contribution in [2.24, 2.45) is 0 Å². The van der Waals surface area contributed by atoms with Crippen LogP contribution < -0.4 is 4.72 Å². The topological polar surface area (TPSA) is 66.4 Å². The van der Waals surface area contributed by atoms with Crippen LogP contribution in [0, 0.1) is 0 Å². The van der Waals surface area contributed by atoms with Crippen LogP contribution >= 0.6 is 15.9 Å². The Hall–Kier alpha value is -1.42. The highest BCUT2D eigenvalue weighted by atomic mass is 79.9. The largest absolute Gasteiger partial charge is 0.422 e. The zero-order valence-electron chi connectivity index (χ0n) is 12.1. The molecular formula is C15H13BrF3NO3S. The maximum Gasteiger partial charge on any atom is 0.422 e. The van der Waals surface area contributed by atoms with E-state index in [2.05, 4.69) is 15.9 Å². The number of hydrogen-bond donors (Lipinski definition) is 2. The Bertz CT molecular complexity index is 812. The summed E-state index contributed by atoms with van der Waals surface area (Å²) >= 11 is 3.03. The summed E-state index contributed by atoms with van der Waals surface area (Å²) in [6.45, 7) is -1.25. The normalized spacial score (nSPS) is 15.0. The molecule has 0 aliphatic rings. The molecule has 0 spiro atoms. The highest BCUT2D eigenvalue weighted by Gasteiger charge is 2.55. The number of alkyl halides is 3. The number of benzene rings is 2. The van der Waals surface area contributed by atoms with Crippen molar-refractivity contribution in [3.05, 3.63) is 64.6 Å². The van der Waals surface area contributed by atoms with Gasteiger partial charge in [-0.05, 0) is 33.6 Å². The van der Waals surface area contributed by atoms with E-state index >= 15 is 0 Å². The van der Waals surface area contributed by atoms with Gasteiger partial charge < -0.3 is 5.11 Å². The molecule has 0 heterocycles. The van der Waals surface area contributed by atoms with E-state index in [1.54, 1.807) is 6.07 Å². The molecule has 9 heteroatoms. The second kappa shape index (κ2) is 6.83. The van der Waals surface area contributed by atoms with Crippen LogP contribution in [-0.2, 0) is 15.6 Å². The maximum absolute atomic E-state index is 13.4. The fraction of sp³-hybridized carbons (Fsp3) is 0.200. The molecule has 1 atom stereocenters. The molecule has 2 aromatic rings. The summed E-state index contributed by atoms with van der Waals surface area (Å²) in [7, 11) is -4.25. The van der Waals surface area contributed by atoms with E-state index in [1.807, 2.05) is 4.72 Å². The Morgan fingerprint density at radius 2 is 1.54 bits per heavy atom. The second-order valence-electron chi connectivity index (χ2n) is 4.98. The SMILES string of the molecule is O=S(=O)(NC[C@@](O)(c1ccccc1)C(F)(F)F)c1ccccc1Br. The average Bonchev–Trinajstić information content (AvgIpc) is 2.52. The van der Waals surface area contributed by atoms with Crippen LogP contribution in [0.1, 0.15) is 5.56 Å². The lowest BCUT2D eigenvalue weighted by atomic mass is 9.93. The zero-order chi connectivity index (χ0) is 18.0. The van der Waals surface area contributed by atoms with Crippen LogP contribution in [0.5, 0.6) is 0 Å². The quantitative estimate of drug-likeness (QED) is 0.775. The number of aliphatic hydroxyl groups is 1. The third-order valence-electron chi connectivity index (χ3n) is 3.36. The molecule has 0 unspecified atom stereocenters. The van der Waals surface area contributed by atoms with Gasteiger partial charge in [0.05, 0.1) is 11.4 Å². The number of rotatable bonds is 5. The Morgan fingerprint density at radius 1 is 1.00 bits per heavy atom. The average molecular weight is 424 g/mol. The fourth-order valence-corrected chi connectivity index (χ4v) is 4.08. The molecule has 2 N–H and O–H groups in total. The van der Waals surface area contributed by atoms with Crippen molar-refractivity contribution in [2.75, 3.05) is 6.54 Å². The van der Waals surface area contributed by atoms with Gasteiger partial charge >= 0.3 is 6.18 Å². The molecule has 130 valence electrons. The van der Waals surface area contributed by atoms with Gasteiger partial charge in [-0.15, -0.1) is 0 Å². The van der Waals surface area contributed by atoms with Gasteiger partial charge in [-0.1, -0.05) is 42.5 Å². The van der Waals surface area contributed by atoms with Crippen molar-refractivity contribution in [2.45, 2.75) is 16.7 Å². The minimum Gasteiger partial charge on any atom is -0.375 e. The molecular weight excluding hydrogens is 411 g/mol. The van der Waals surface area contributed by atoms with Gasteiger partial charge in [0.25, 0.3) is 0 Å². The van der Waals surface area contributed by atoms with Crippen molar-refractivity contribution in [3.8, 4) is 0 Å². The summed E-state index contributed by atoms with van der Waals surface area (Å²) < 4.78 is 66.6. The molecule has 0 aliphatic carbocycles. The lowest BCUT2D eigenvalue weighted by molar-refractivity contribution is -0.263. The highest BCUT2D eigenvalue weighted by Crippen LogP contribution is 2.38. The van der Waals surface area contributed by atoms with E-state index in [9.17, 15) is 26.7 Å². The van der Waals surface area contributed by atoms with E-state index in [-0.39, 0.29) is 9.37 Å². The third-order valence-corrected chi connectivity index (χ3v) is 5.78. The lowest BCUT2D eigenvalue weighted by Gasteiger charge is -2.31. The first-order valence-corrected chi connectivity index (χ1v) is 8.94. The van der Waals surface area contributed by atoms with Gasteiger partial charge in [-0.2, -0.15) is 13.2 Å². The van der Waals surface area contributed by atoms with Crippen molar-refractivity contribution in [3.63, 3.8) is 0 Å². The minimum atomic E-state index is -5.06. The number of halogens is 4. The van der Waals surface area contributed by atoms with Crippen LogP contribution in [0.3, 0.4) is 0 Å². The summed E-state index contributed by atoms with van der Waals surface area (Å²) in [5, 5.41) is 10.1. The van der Waals surface area contributed by atoms with E-state index in [0.29, 0.717) is 0 Å². The van der Waals surface area contributed by atoms with E-state index in [1.165, 1.54) is 36.4 Å². The van der Waals surface area contributed by atoms with Crippen molar-refractivity contribution in [1.29, 1.82) is 0 Å². The monoisotopic (exact) mass is 423 g/mol. The molecule has 0 radical (unpaired) electrons. The van der Waals surface area contributed by atoms with Crippen LogP contribution in [0.15, 0.2) is 64.0 Å². The van der Waals surface area contributed by atoms with Crippen molar-refractivity contribution >= 4 is 26.0 Å². The fourth-order valence-electron chi connectivity index (χ4n) is 2.02. The first-order valence-electron chi connectivity index (χ1n) is 6.67. The van der Waals surface area contributed by atoms with E-state index in [4.69, 9.17) is 0 Å². The maximum atomic E-state index is 13.4. The Balaban J connectivity index is 2.35. The standard InChI is InChI=1S/C15H13BrF3NO3S/c16-12-8-4-5-9-13(12)24(22,23)20-10-14(21,15(17,18)19)11-6-2-1-3-7-11/h1-9,20-21H,10H2/t14-/m1/s1. The van der Waals surface area contributed by atoms with E-state index in [0.717, 1.165) is 12.1 Å². The molecule has 2 aromatic carbocycles. The zero-order valence-corrected chi connectivity index (χ0v) is 14.5. The minimum absolute atomic E-state index is 0.202.